The molecule has 7 atom stereocenters. The highest BCUT2D eigenvalue weighted by molar-refractivity contribution is 8.00. The number of benzene rings is 2. The van der Waals surface area contributed by atoms with Crippen molar-refractivity contribution in [2.24, 2.45) is 33.6 Å². The van der Waals surface area contributed by atoms with Crippen LogP contribution in [0, 0.1) is 39.9 Å². The van der Waals surface area contributed by atoms with Gasteiger partial charge >= 0.3 is 0 Å². The number of rotatable bonds is 15. The predicted molar refractivity (Wildman–Crippen MR) is 292 cm³/mol. The summed E-state index contributed by atoms with van der Waals surface area (Å²) in [5.41, 5.74) is 7.50. The van der Waals surface area contributed by atoms with Crippen LogP contribution in [0.3, 0.4) is 0 Å². The highest BCUT2D eigenvalue weighted by atomic mass is 35.5. The Hall–Kier alpha value is -3.30. The van der Waals surface area contributed by atoms with E-state index >= 15 is 0 Å². The fraction of sp³-hybridized carbons (Fsp3) is 0.719. The molecule has 7 aliphatic rings. The number of nitrogens with one attached hydrogen (secondary N) is 4. The summed E-state index contributed by atoms with van der Waals surface area (Å²) in [6.45, 7) is 22.3. The maximum atomic E-state index is 13.7. The van der Waals surface area contributed by atoms with Gasteiger partial charge in [-0.1, -0.05) is 103 Å². The van der Waals surface area contributed by atoms with Gasteiger partial charge in [-0.15, -0.1) is 11.8 Å². The number of halogens is 1. The quantitative estimate of drug-likeness (QED) is 0.101. The predicted octanol–water partition coefficient (Wildman–Crippen LogP) is 7.99. The molecule has 16 heteroatoms. The zero-order valence-electron chi connectivity index (χ0n) is 45.2. The lowest BCUT2D eigenvalue weighted by Crippen LogP contribution is -2.75. The van der Waals surface area contributed by atoms with Crippen LogP contribution in [-0.2, 0) is 20.7 Å². The van der Waals surface area contributed by atoms with Gasteiger partial charge in [0.05, 0.1) is 52.8 Å². The number of carbonyl (C=O) groups excluding carboxylic acids is 2. The molecule has 2 saturated carbocycles. The normalized spacial score (nSPS) is 33.1. The third-order valence-corrected chi connectivity index (χ3v) is 20.2. The molecule has 0 radical (unpaired) electrons. The number of likely N-dealkylation sites (tertiary alicyclic amines) is 1. The van der Waals surface area contributed by atoms with E-state index in [-0.39, 0.29) is 82.8 Å². The van der Waals surface area contributed by atoms with Crippen molar-refractivity contribution in [1.29, 1.82) is 5.26 Å². The van der Waals surface area contributed by atoms with Gasteiger partial charge in [-0.25, -0.2) is 10.4 Å². The lowest BCUT2D eigenvalue weighted by atomic mass is 9.49. The van der Waals surface area contributed by atoms with Crippen LogP contribution >= 0.6 is 23.4 Å². The molecule has 5 heterocycles. The minimum absolute atomic E-state index is 0.0254. The number of carbonyl (C=O) groups is 2. The molecular formula is C57H85ClN10O4S. The van der Waals surface area contributed by atoms with Crippen LogP contribution in [-0.4, -0.2) is 143 Å². The average molecular weight is 1040 g/mol. The third kappa shape index (κ3) is 11.4. The number of piperidine rings is 1. The first kappa shape index (κ1) is 54.5. The molecule has 14 nitrogen and oxygen atoms in total. The number of fused-ring (bicyclic) bond motifs is 3. The minimum atomic E-state index is -0.315. The smallest absolute Gasteiger partial charge is 0.225 e. The summed E-state index contributed by atoms with van der Waals surface area (Å²) in [7, 11) is 1.92. The zero-order chi connectivity index (χ0) is 51.8. The second-order valence-corrected chi connectivity index (χ2v) is 25.6. The lowest BCUT2D eigenvalue weighted by Gasteiger charge is -2.63. The lowest BCUT2D eigenvalue weighted by molar-refractivity contribution is -0.174. The van der Waals surface area contributed by atoms with Crippen molar-refractivity contribution in [2.45, 2.75) is 186 Å². The number of hydrogen-bond donors (Lipinski definition) is 4. The number of aryl methyl sites for hydroxylation is 1. The van der Waals surface area contributed by atoms with Gasteiger partial charge < -0.3 is 19.7 Å². The van der Waals surface area contributed by atoms with Gasteiger partial charge in [-0.2, -0.15) is 5.26 Å². The molecule has 2 aromatic rings. The number of hydrogen-bond acceptors (Lipinski definition) is 13. The summed E-state index contributed by atoms with van der Waals surface area (Å²) in [5.74, 6) is 1.36. The van der Waals surface area contributed by atoms with Crippen molar-refractivity contribution in [3.05, 3.63) is 64.2 Å². The fourth-order valence-electron chi connectivity index (χ4n) is 13.8. The fourth-order valence-corrected chi connectivity index (χ4v) is 15.9. The van der Waals surface area contributed by atoms with Crippen molar-refractivity contribution in [3.8, 4) is 11.8 Å². The van der Waals surface area contributed by atoms with Crippen LogP contribution < -0.4 is 26.1 Å². The number of thioether (sulfide) groups is 1. The summed E-state index contributed by atoms with van der Waals surface area (Å²) in [6.07, 6.45) is 12.3. The first-order valence-corrected chi connectivity index (χ1v) is 29.2. The van der Waals surface area contributed by atoms with Gasteiger partial charge in [-0.05, 0) is 81.5 Å². The highest BCUT2D eigenvalue weighted by Crippen LogP contribution is 2.56. The largest absolute Gasteiger partial charge is 0.489 e. The van der Waals surface area contributed by atoms with Crippen molar-refractivity contribution in [3.63, 3.8) is 0 Å². The average Bonchev–Trinajstić information content (AvgIpc) is 3.65. The van der Waals surface area contributed by atoms with Gasteiger partial charge in [0, 0.05) is 92.2 Å². The topological polar surface area (TPSA) is 150 Å². The molecule has 2 aromatic carbocycles. The maximum absolute atomic E-state index is 13.7. The summed E-state index contributed by atoms with van der Waals surface area (Å²) in [6, 6.07) is 16.7. The van der Waals surface area contributed by atoms with Crippen molar-refractivity contribution < 1.29 is 19.1 Å². The van der Waals surface area contributed by atoms with Gasteiger partial charge in [0.15, 0.2) is 0 Å². The second kappa shape index (κ2) is 23.1. The van der Waals surface area contributed by atoms with E-state index in [0.29, 0.717) is 59.6 Å². The van der Waals surface area contributed by atoms with Crippen LogP contribution in [0.2, 0.25) is 5.02 Å². The molecule has 73 heavy (non-hydrogen) atoms. The monoisotopic (exact) mass is 1040 g/mol. The Balaban J connectivity index is 0.738. The van der Waals surface area contributed by atoms with E-state index in [1.807, 2.05) is 11.9 Å². The van der Waals surface area contributed by atoms with Crippen molar-refractivity contribution >= 4 is 40.9 Å². The first-order valence-electron chi connectivity index (χ1n) is 27.9. The van der Waals surface area contributed by atoms with E-state index in [1.165, 1.54) is 55.4 Å². The summed E-state index contributed by atoms with van der Waals surface area (Å²) in [5, 5.41) is 23.6. The molecule has 0 aromatic heterocycles. The molecule has 6 unspecified atom stereocenters. The number of ether oxygens (including phenoxy) is 2. The number of aliphatic imine (C=N–C) groups is 1. The third-order valence-electron chi connectivity index (χ3n) is 18.2. The number of nitrogens with zero attached hydrogens (tertiary/aromatic N) is 6. The van der Waals surface area contributed by atoms with Gasteiger partial charge in [0.1, 0.15) is 24.2 Å². The highest BCUT2D eigenvalue weighted by Gasteiger charge is 2.64. The second-order valence-electron chi connectivity index (χ2n) is 23.7. The van der Waals surface area contributed by atoms with E-state index in [0.717, 1.165) is 45.4 Å². The molecule has 6 fully saturated rings. The van der Waals surface area contributed by atoms with Crippen LogP contribution in [0.1, 0.15) is 136 Å². The first-order chi connectivity index (χ1) is 35.0. The van der Waals surface area contributed by atoms with Crippen LogP contribution in [0.5, 0.6) is 5.75 Å². The standard InChI is InChI=1S/C57H85ClN10O4S/c1-10-65(9)47(69)31-46-50-64-68(42-17-13-11-12-14-18-42)37(4)67(50)52-48(35(2)36(3)73-52)49(62-46)39-21-19-38(20-22-39)16-15-29-71-43-25-27-66(28-26-43)55-60-33-41(34-61-55)51(70)63-53-56(5,6)54(57(53,7)8)72-44-24-23-40(32-59)45(58)30-44/h19-24,30,35-37,41-43,46,48,50,52-55,60-61,64H,10-18,25-29,31,33-34H2,1-9H3,(H,63,70)/t35?,36?,37?,41?,46-,48?,50?,52?,53?,54?,55?/m0/s1. The van der Waals surface area contributed by atoms with Crippen molar-refractivity contribution in [2.75, 3.05) is 46.4 Å². The molecule has 0 spiro atoms. The Morgan fingerprint density at radius 3 is 2.30 bits per heavy atom. The van der Waals surface area contributed by atoms with E-state index in [4.69, 9.17) is 26.1 Å². The van der Waals surface area contributed by atoms with Crippen LogP contribution in [0.4, 0.5) is 0 Å². The Morgan fingerprint density at radius 1 is 0.973 bits per heavy atom. The molecular weight excluding hydrogens is 956 g/mol. The molecule has 0 bridgehead atoms. The van der Waals surface area contributed by atoms with Crippen molar-refractivity contribution in [1.82, 2.24) is 41.1 Å². The molecule has 2 aliphatic carbocycles. The van der Waals surface area contributed by atoms with Crippen LogP contribution in [0.15, 0.2) is 47.5 Å². The Bertz CT molecular complexity index is 2290. The Labute approximate surface area is 445 Å². The Kier molecular flexibility index (Phi) is 17.3. The van der Waals surface area contributed by atoms with E-state index < -0.39 is 0 Å². The van der Waals surface area contributed by atoms with E-state index in [2.05, 4.69) is 134 Å². The molecule has 9 rings (SSSR count). The molecule has 2 amide bonds. The van der Waals surface area contributed by atoms with Crippen LogP contribution in [0.25, 0.3) is 0 Å². The number of amides is 2. The minimum Gasteiger partial charge on any atom is -0.489 e. The SMILES string of the molecule is CCN(C)C(=O)C[C@@H]1N=C(c2ccc(CCCOC3CCN(C4NCC(C(=O)NC5C(C)(C)C(Oc6ccc(C#N)c(Cl)c6)C5(C)C)CN4)CC3)cc2)C2C(C)C(C)SC2N2C1NN(C1CCCCCC1)C2C. The maximum Gasteiger partial charge on any atom is 0.225 e. The number of hydrazine groups is 1. The van der Waals surface area contributed by atoms with E-state index in [9.17, 15) is 14.9 Å². The summed E-state index contributed by atoms with van der Waals surface area (Å²) < 4.78 is 12.9. The van der Waals surface area contributed by atoms with Gasteiger partial charge in [-0.3, -0.25) is 35.0 Å². The zero-order valence-corrected chi connectivity index (χ0v) is 46.7. The number of nitriles is 1. The Morgan fingerprint density at radius 2 is 1.66 bits per heavy atom. The van der Waals surface area contributed by atoms with E-state index in [1.54, 1.807) is 18.2 Å². The molecule has 4 N–H and O–H groups in total. The molecule has 5 aliphatic heterocycles. The summed E-state index contributed by atoms with van der Waals surface area (Å²) in [4.78, 5) is 40.1. The summed E-state index contributed by atoms with van der Waals surface area (Å²) >= 11 is 8.41. The van der Waals surface area contributed by atoms with Gasteiger partial charge in [0.2, 0.25) is 11.8 Å². The molecule has 400 valence electrons. The van der Waals surface area contributed by atoms with Gasteiger partial charge in [0.25, 0.3) is 0 Å². The molecule has 4 saturated heterocycles.